The summed E-state index contributed by atoms with van der Waals surface area (Å²) >= 11 is 0. The first-order valence-corrected chi connectivity index (χ1v) is 8.54. The fraction of sp³-hybridized carbons (Fsp3) is 0.611. The molecule has 3 aliphatic rings. The van der Waals surface area contributed by atoms with Gasteiger partial charge in [0.2, 0.25) is 0 Å². The Hall–Kier alpha value is -0.920. The van der Waals surface area contributed by atoms with E-state index in [9.17, 15) is 8.78 Å². The Balaban J connectivity index is 0.00000169. The van der Waals surface area contributed by atoms with E-state index >= 15 is 0 Å². The average Bonchev–Trinajstić information content (AvgIpc) is 3.08. The standard InChI is InChI=1S/C18H23F2N3.HI/c1-21-17(23-9-8-18(11-23)6-3-7-18)22-15-10-12(15)16-13(19)4-2-5-14(16)20;/h2,4-5,12,15H,3,6-11H2,1H3,(H,21,22);1H. The summed E-state index contributed by atoms with van der Waals surface area (Å²) < 4.78 is 27.8. The summed E-state index contributed by atoms with van der Waals surface area (Å²) in [5.74, 6) is -0.0843. The van der Waals surface area contributed by atoms with E-state index in [0.29, 0.717) is 5.41 Å². The third kappa shape index (κ3) is 3.13. The Kier molecular flexibility index (Phi) is 5.04. The topological polar surface area (TPSA) is 27.6 Å². The van der Waals surface area contributed by atoms with Crippen LogP contribution in [0.3, 0.4) is 0 Å². The lowest BCUT2D eigenvalue weighted by Gasteiger charge is -2.38. The van der Waals surface area contributed by atoms with Crippen molar-refractivity contribution in [3.8, 4) is 0 Å². The molecule has 3 fully saturated rings. The minimum atomic E-state index is -0.441. The van der Waals surface area contributed by atoms with E-state index in [4.69, 9.17) is 0 Å². The molecule has 1 aliphatic heterocycles. The lowest BCUT2D eigenvalue weighted by molar-refractivity contribution is 0.151. The first-order valence-electron chi connectivity index (χ1n) is 8.54. The summed E-state index contributed by atoms with van der Waals surface area (Å²) in [6, 6.07) is 4.17. The highest BCUT2D eigenvalue weighted by atomic mass is 127. The molecule has 1 saturated heterocycles. The van der Waals surface area contributed by atoms with Gasteiger partial charge in [-0.2, -0.15) is 0 Å². The van der Waals surface area contributed by atoms with Gasteiger partial charge in [-0.3, -0.25) is 4.99 Å². The Morgan fingerprint density at radius 2 is 1.96 bits per heavy atom. The van der Waals surface area contributed by atoms with Gasteiger partial charge in [-0.15, -0.1) is 24.0 Å². The van der Waals surface area contributed by atoms with E-state index in [0.717, 1.165) is 25.5 Å². The lowest BCUT2D eigenvalue weighted by Crippen LogP contribution is -2.43. The minimum Gasteiger partial charge on any atom is -0.353 e. The Morgan fingerprint density at radius 1 is 1.25 bits per heavy atom. The van der Waals surface area contributed by atoms with Crippen molar-refractivity contribution in [1.29, 1.82) is 0 Å². The van der Waals surface area contributed by atoms with Crippen LogP contribution in [0.1, 0.15) is 43.6 Å². The molecule has 2 aliphatic carbocycles. The Bertz CT molecular complexity index is 625. The molecular weight excluding hydrogens is 423 g/mol. The molecule has 6 heteroatoms. The highest BCUT2D eigenvalue weighted by Gasteiger charge is 2.46. The fourth-order valence-electron chi connectivity index (χ4n) is 4.20. The van der Waals surface area contributed by atoms with Crippen LogP contribution in [0.15, 0.2) is 23.2 Å². The third-order valence-electron chi connectivity index (χ3n) is 5.84. The van der Waals surface area contributed by atoms with Gasteiger partial charge < -0.3 is 10.2 Å². The monoisotopic (exact) mass is 447 g/mol. The number of hydrogen-bond donors (Lipinski definition) is 1. The quantitative estimate of drug-likeness (QED) is 0.423. The van der Waals surface area contributed by atoms with Gasteiger partial charge >= 0.3 is 0 Å². The fourth-order valence-corrected chi connectivity index (χ4v) is 4.20. The second kappa shape index (κ2) is 6.77. The summed E-state index contributed by atoms with van der Waals surface area (Å²) in [6.45, 7) is 2.10. The predicted octanol–water partition coefficient (Wildman–Crippen LogP) is 3.89. The minimum absolute atomic E-state index is 0. The number of benzene rings is 1. The van der Waals surface area contributed by atoms with E-state index in [-0.39, 0.29) is 41.5 Å². The SMILES string of the molecule is CN=C(NC1CC1c1c(F)cccc1F)N1CCC2(CCC2)C1.I. The smallest absolute Gasteiger partial charge is 0.193 e. The summed E-state index contributed by atoms with van der Waals surface area (Å²) in [4.78, 5) is 6.70. The molecule has 0 bridgehead atoms. The van der Waals surface area contributed by atoms with Crippen molar-refractivity contribution >= 4 is 29.9 Å². The van der Waals surface area contributed by atoms with Crippen molar-refractivity contribution < 1.29 is 8.78 Å². The predicted molar refractivity (Wildman–Crippen MR) is 102 cm³/mol. The summed E-state index contributed by atoms with van der Waals surface area (Å²) in [7, 11) is 1.79. The van der Waals surface area contributed by atoms with Gasteiger partial charge in [0.15, 0.2) is 5.96 Å². The van der Waals surface area contributed by atoms with Gasteiger partial charge in [0.1, 0.15) is 11.6 Å². The van der Waals surface area contributed by atoms with Crippen LogP contribution in [0.4, 0.5) is 8.78 Å². The molecule has 0 radical (unpaired) electrons. The van der Waals surface area contributed by atoms with Crippen LogP contribution in [0.2, 0.25) is 0 Å². The Morgan fingerprint density at radius 3 is 2.50 bits per heavy atom. The molecule has 2 saturated carbocycles. The first-order chi connectivity index (χ1) is 11.1. The number of nitrogens with zero attached hydrogens (tertiary/aromatic N) is 2. The maximum atomic E-state index is 13.9. The van der Waals surface area contributed by atoms with Gasteiger partial charge in [0, 0.05) is 37.7 Å². The molecule has 2 unspecified atom stereocenters. The van der Waals surface area contributed by atoms with Crippen molar-refractivity contribution in [2.45, 2.75) is 44.1 Å². The normalized spacial score (nSPS) is 27.6. The zero-order valence-electron chi connectivity index (χ0n) is 13.9. The summed E-state index contributed by atoms with van der Waals surface area (Å²) in [5, 5.41) is 3.41. The molecule has 1 heterocycles. The van der Waals surface area contributed by atoms with Crippen LogP contribution in [-0.4, -0.2) is 37.0 Å². The van der Waals surface area contributed by atoms with Crippen LogP contribution < -0.4 is 5.32 Å². The van der Waals surface area contributed by atoms with Gasteiger partial charge in [-0.25, -0.2) is 8.78 Å². The molecule has 1 aromatic rings. The number of halogens is 3. The van der Waals surface area contributed by atoms with E-state index in [1.807, 2.05) is 0 Å². The van der Waals surface area contributed by atoms with Crippen LogP contribution >= 0.6 is 24.0 Å². The van der Waals surface area contributed by atoms with Gasteiger partial charge in [0.25, 0.3) is 0 Å². The van der Waals surface area contributed by atoms with E-state index in [2.05, 4.69) is 15.2 Å². The number of hydrogen-bond acceptors (Lipinski definition) is 1. The largest absolute Gasteiger partial charge is 0.353 e. The molecule has 132 valence electrons. The molecule has 0 aromatic heterocycles. The van der Waals surface area contributed by atoms with E-state index in [1.54, 1.807) is 7.05 Å². The van der Waals surface area contributed by atoms with Crippen molar-refractivity contribution in [3.63, 3.8) is 0 Å². The molecule has 0 amide bonds. The highest BCUT2D eigenvalue weighted by Crippen LogP contribution is 2.48. The average molecular weight is 447 g/mol. The molecule has 2 atom stereocenters. The molecule has 1 aromatic carbocycles. The summed E-state index contributed by atoms with van der Waals surface area (Å²) in [6.07, 6.45) is 6.00. The number of rotatable bonds is 2. The second-order valence-electron chi connectivity index (χ2n) is 7.30. The number of likely N-dealkylation sites (tertiary alicyclic amines) is 1. The molecule has 1 spiro atoms. The second-order valence-corrected chi connectivity index (χ2v) is 7.30. The number of nitrogens with one attached hydrogen (secondary N) is 1. The maximum Gasteiger partial charge on any atom is 0.193 e. The van der Waals surface area contributed by atoms with Gasteiger partial charge in [-0.05, 0) is 43.2 Å². The highest BCUT2D eigenvalue weighted by molar-refractivity contribution is 14.0. The summed E-state index contributed by atoms with van der Waals surface area (Å²) in [5.41, 5.74) is 0.732. The van der Waals surface area contributed by atoms with E-state index in [1.165, 1.54) is 43.9 Å². The molecule has 3 nitrogen and oxygen atoms in total. The van der Waals surface area contributed by atoms with Crippen LogP contribution in [0.25, 0.3) is 0 Å². The van der Waals surface area contributed by atoms with E-state index < -0.39 is 11.6 Å². The van der Waals surface area contributed by atoms with Crippen molar-refractivity contribution in [3.05, 3.63) is 35.4 Å². The molecule has 4 rings (SSSR count). The zero-order valence-corrected chi connectivity index (χ0v) is 16.2. The van der Waals surface area contributed by atoms with Gasteiger partial charge in [0.05, 0.1) is 0 Å². The van der Waals surface area contributed by atoms with Crippen LogP contribution in [-0.2, 0) is 0 Å². The van der Waals surface area contributed by atoms with Gasteiger partial charge in [-0.1, -0.05) is 12.5 Å². The van der Waals surface area contributed by atoms with Crippen LogP contribution in [0, 0.1) is 17.0 Å². The third-order valence-corrected chi connectivity index (χ3v) is 5.84. The number of guanidine groups is 1. The Labute approximate surface area is 158 Å². The molecule has 24 heavy (non-hydrogen) atoms. The van der Waals surface area contributed by atoms with Crippen molar-refractivity contribution in [1.82, 2.24) is 10.2 Å². The van der Waals surface area contributed by atoms with Crippen molar-refractivity contribution in [2.75, 3.05) is 20.1 Å². The maximum absolute atomic E-state index is 13.9. The number of aliphatic imine (C=N–C) groups is 1. The van der Waals surface area contributed by atoms with Crippen LogP contribution in [0.5, 0.6) is 0 Å². The first kappa shape index (κ1) is 17.9. The molecular formula is C18H24F2IN3. The zero-order chi connectivity index (χ0) is 16.0. The lowest BCUT2D eigenvalue weighted by atomic mass is 9.68. The van der Waals surface area contributed by atoms with Crippen molar-refractivity contribution in [2.24, 2.45) is 10.4 Å². The molecule has 1 N–H and O–H groups in total.